The van der Waals surface area contributed by atoms with Crippen molar-refractivity contribution in [2.24, 2.45) is 0 Å². The van der Waals surface area contributed by atoms with Gasteiger partial charge in [-0.05, 0) is 49.9 Å². The molecule has 1 heterocycles. The van der Waals surface area contributed by atoms with Crippen LogP contribution in [0.15, 0.2) is 18.2 Å². The van der Waals surface area contributed by atoms with Gasteiger partial charge in [0.05, 0.1) is 6.10 Å². The van der Waals surface area contributed by atoms with Crippen molar-refractivity contribution >= 4 is 5.91 Å². The molecule has 2 N–H and O–H groups in total. The van der Waals surface area contributed by atoms with E-state index in [1.165, 1.54) is 6.07 Å². The van der Waals surface area contributed by atoms with E-state index in [1.54, 1.807) is 12.1 Å². The molecule has 1 aliphatic rings. The second-order valence-corrected chi connectivity index (χ2v) is 4.68. The predicted molar refractivity (Wildman–Crippen MR) is 68.8 cm³/mol. The zero-order valence-corrected chi connectivity index (χ0v) is 10.6. The maximum absolute atomic E-state index is 11.9. The number of hydrogen-bond donors (Lipinski definition) is 2. The lowest BCUT2D eigenvalue weighted by Gasteiger charge is -2.11. The molecular weight excluding hydrogens is 230 g/mol. The highest BCUT2D eigenvalue weighted by Crippen LogP contribution is 2.16. The Labute approximate surface area is 107 Å². The molecule has 1 amide bonds. The molecule has 1 unspecified atom stereocenters. The van der Waals surface area contributed by atoms with E-state index in [2.05, 4.69) is 5.32 Å². The van der Waals surface area contributed by atoms with Gasteiger partial charge in [-0.3, -0.25) is 4.79 Å². The number of aryl methyl sites for hydroxylation is 1. The molecule has 4 nitrogen and oxygen atoms in total. The standard InChI is InChI=1S/C14H19NO3/c1-10-9-11(16)4-5-13(10)14(17)15-7-6-12-3-2-8-18-12/h4-5,9,12,16H,2-3,6-8H2,1H3,(H,15,17). The van der Waals surface area contributed by atoms with Crippen molar-refractivity contribution in [1.29, 1.82) is 0 Å². The number of phenols is 1. The molecule has 0 aromatic heterocycles. The fraction of sp³-hybridized carbons (Fsp3) is 0.500. The van der Waals surface area contributed by atoms with E-state index >= 15 is 0 Å². The highest BCUT2D eigenvalue weighted by molar-refractivity contribution is 5.95. The summed E-state index contributed by atoms with van der Waals surface area (Å²) < 4.78 is 5.50. The highest BCUT2D eigenvalue weighted by Gasteiger charge is 2.15. The molecule has 1 aliphatic heterocycles. The topological polar surface area (TPSA) is 58.6 Å². The van der Waals surface area contributed by atoms with Gasteiger partial charge in [0.25, 0.3) is 5.91 Å². The lowest BCUT2D eigenvalue weighted by Crippen LogP contribution is -2.27. The van der Waals surface area contributed by atoms with E-state index in [0.717, 1.165) is 31.4 Å². The molecule has 0 radical (unpaired) electrons. The molecule has 98 valence electrons. The SMILES string of the molecule is Cc1cc(O)ccc1C(=O)NCCC1CCCO1. The fourth-order valence-electron chi connectivity index (χ4n) is 2.22. The van der Waals surface area contributed by atoms with Gasteiger partial charge in [-0.1, -0.05) is 0 Å². The van der Waals surface area contributed by atoms with Crippen LogP contribution in [0.25, 0.3) is 0 Å². The molecule has 1 saturated heterocycles. The fourth-order valence-corrected chi connectivity index (χ4v) is 2.22. The van der Waals surface area contributed by atoms with Crippen molar-refractivity contribution in [3.05, 3.63) is 29.3 Å². The molecule has 0 spiro atoms. The van der Waals surface area contributed by atoms with Crippen LogP contribution in [0.2, 0.25) is 0 Å². The summed E-state index contributed by atoms with van der Waals surface area (Å²) in [4.78, 5) is 11.9. The molecule has 2 rings (SSSR count). The summed E-state index contributed by atoms with van der Waals surface area (Å²) in [6.07, 6.45) is 3.37. The third-order valence-electron chi connectivity index (χ3n) is 3.23. The van der Waals surface area contributed by atoms with Crippen molar-refractivity contribution in [3.63, 3.8) is 0 Å². The number of nitrogens with one attached hydrogen (secondary N) is 1. The van der Waals surface area contributed by atoms with Gasteiger partial charge >= 0.3 is 0 Å². The second-order valence-electron chi connectivity index (χ2n) is 4.68. The van der Waals surface area contributed by atoms with Gasteiger partial charge in [0.1, 0.15) is 5.75 Å². The third-order valence-corrected chi connectivity index (χ3v) is 3.23. The smallest absolute Gasteiger partial charge is 0.251 e. The first-order chi connectivity index (χ1) is 8.66. The van der Waals surface area contributed by atoms with E-state index in [9.17, 15) is 9.90 Å². The number of rotatable bonds is 4. The summed E-state index contributed by atoms with van der Waals surface area (Å²) in [5, 5.41) is 12.2. The van der Waals surface area contributed by atoms with Crippen LogP contribution in [0, 0.1) is 6.92 Å². The Kier molecular flexibility index (Phi) is 4.20. The third kappa shape index (κ3) is 3.23. The Hall–Kier alpha value is -1.55. The Morgan fingerprint density at radius 3 is 3.06 bits per heavy atom. The number of aromatic hydroxyl groups is 1. The monoisotopic (exact) mass is 249 g/mol. The summed E-state index contributed by atoms with van der Waals surface area (Å²) in [6, 6.07) is 4.77. The van der Waals surface area contributed by atoms with Crippen LogP contribution in [-0.2, 0) is 4.74 Å². The number of hydrogen-bond acceptors (Lipinski definition) is 3. The second kappa shape index (κ2) is 5.87. The normalized spacial score (nSPS) is 18.8. The highest BCUT2D eigenvalue weighted by atomic mass is 16.5. The zero-order valence-electron chi connectivity index (χ0n) is 10.6. The molecule has 0 saturated carbocycles. The molecule has 1 aromatic carbocycles. The Morgan fingerprint density at radius 2 is 2.39 bits per heavy atom. The quantitative estimate of drug-likeness (QED) is 0.858. The van der Waals surface area contributed by atoms with Crippen LogP contribution in [0.3, 0.4) is 0 Å². The Bertz CT molecular complexity index is 425. The molecule has 1 fully saturated rings. The van der Waals surface area contributed by atoms with Gasteiger partial charge in [0.2, 0.25) is 0 Å². The molecule has 0 bridgehead atoms. The molecule has 4 heteroatoms. The first-order valence-electron chi connectivity index (χ1n) is 6.36. The van der Waals surface area contributed by atoms with Crippen LogP contribution in [-0.4, -0.2) is 30.3 Å². The maximum Gasteiger partial charge on any atom is 0.251 e. The summed E-state index contributed by atoms with van der Waals surface area (Å²) >= 11 is 0. The summed E-state index contributed by atoms with van der Waals surface area (Å²) in [5.74, 6) is 0.0916. The predicted octanol–water partition coefficient (Wildman–Crippen LogP) is 2.00. The molecule has 0 aliphatic carbocycles. The van der Waals surface area contributed by atoms with Crippen molar-refractivity contribution in [2.45, 2.75) is 32.3 Å². The van der Waals surface area contributed by atoms with Crippen molar-refractivity contribution in [2.75, 3.05) is 13.2 Å². The number of carbonyl (C=O) groups is 1. The van der Waals surface area contributed by atoms with Gasteiger partial charge < -0.3 is 15.2 Å². The number of phenolic OH excluding ortho intramolecular Hbond substituents is 1. The summed E-state index contributed by atoms with van der Waals surface area (Å²) in [5.41, 5.74) is 1.39. The largest absolute Gasteiger partial charge is 0.508 e. The lowest BCUT2D eigenvalue weighted by molar-refractivity contribution is 0.0906. The number of amides is 1. The first-order valence-corrected chi connectivity index (χ1v) is 6.36. The molecule has 1 atom stereocenters. The molecular formula is C14H19NO3. The van der Waals surface area contributed by atoms with E-state index < -0.39 is 0 Å². The molecule has 18 heavy (non-hydrogen) atoms. The van der Waals surface area contributed by atoms with E-state index in [1.807, 2.05) is 6.92 Å². The number of benzene rings is 1. The van der Waals surface area contributed by atoms with Crippen LogP contribution in [0.4, 0.5) is 0 Å². The van der Waals surface area contributed by atoms with Crippen LogP contribution >= 0.6 is 0 Å². The first kappa shape index (κ1) is 12.9. The van der Waals surface area contributed by atoms with E-state index in [-0.39, 0.29) is 11.7 Å². The van der Waals surface area contributed by atoms with Gasteiger partial charge in [-0.15, -0.1) is 0 Å². The van der Waals surface area contributed by atoms with Crippen LogP contribution in [0.5, 0.6) is 5.75 Å². The minimum absolute atomic E-state index is 0.0921. The van der Waals surface area contributed by atoms with Crippen LogP contribution in [0.1, 0.15) is 35.2 Å². The Morgan fingerprint density at radius 1 is 1.56 bits per heavy atom. The average molecular weight is 249 g/mol. The van der Waals surface area contributed by atoms with Gasteiger partial charge in [0.15, 0.2) is 0 Å². The van der Waals surface area contributed by atoms with Crippen molar-refractivity contribution < 1.29 is 14.6 Å². The summed E-state index contributed by atoms with van der Waals surface area (Å²) in [6.45, 7) is 3.29. The zero-order chi connectivity index (χ0) is 13.0. The van der Waals surface area contributed by atoms with E-state index in [0.29, 0.717) is 18.2 Å². The lowest BCUT2D eigenvalue weighted by atomic mass is 10.1. The molecule has 1 aromatic rings. The van der Waals surface area contributed by atoms with E-state index in [4.69, 9.17) is 4.74 Å². The Balaban J connectivity index is 1.83. The van der Waals surface area contributed by atoms with Crippen molar-refractivity contribution in [3.8, 4) is 5.75 Å². The van der Waals surface area contributed by atoms with Gasteiger partial charge in [-0.2, -0.15) is 0 Å². The average Bonchev–Trinajstić information content (AvgIpc) is 2.81. The van der Waals surface area contributed by atoms with Crippen LogP contribution < -0.4 is 5.32 Å². The summed E-state index contributed by atoms with van der Waals surface area (Å²) in [7, 11) is 0. The number of carbonyl (C=O) groups excluding carboxylic acids is 1. The minimum atomic E-state index is -0.0921. The maximum atomic E-state index is 11.9. The van der Waals surface area contributed by atoms with Gasteiger partial charge in [-0.25, -0.2) is 0 Å². The van der Waals surface area contributed by atoms with Crippen molar-refractivity contribution in [1.82, 2.24) is 5.32 Å². The number of ether oxygens (including phenoxy) is 1. The minimum Gasteiger partial charge on any atom is -0.508 e. The van der Waals surface area contributed by atoms with Gasteiger partial charge in [0, 0.05) is 18.7 Å².